The van der Waals surface area contributed by atoms with E-state index in [9.17, 15) is 19.2 Å². The van der Waals surface area contributed by atoms with Crippen LogP contribution in [0.1, 0.15) is 244 Å². The summed E-state index contributed by atoms with van der Waals surface area (Å²) in [7, 11) is 0. The fourth-order valence-electron chi connectivity index (χ4n) is 9.63. The largest absolute Gasteiger partial charge is 0.447 e. The van der Waals surface area contributed by atoms with Gasteiger partial charge in [0.15, 0.2) is 0 Å². The Bertz CT molecular complexity index is 1720. The quantitative estimate of drug-likeness (QED) is 0.0376. The molecule has 0 N–H and O–H groups in total. The van der Waals surface area contributed by atoms with Crippen molar-refractivity contribution in [3.05, 3.63) is 96.1 Å². The number of amides is 4. The van der Waals surface area contributed by atoms with Gasteiger partial charge in [-0.2, -0.15) is 0 Å². The van der Waals surface area contributed by atoms with Gasteiger partial charge in [0.05, 0.1) is 12.1 Å². The van der Waals surface area contributed by atoms with Crippen LogP contribution in [0.5, 0.6) is 0 Å². The molecule has 2 saturated heterocycles. The van der Waals surface area contributed by atoms with Gasteiger partial charge in [-0.15, -0.1) is 0 Å². The van der Waals surface area contributed by atoms with E-state index in [-0.39, 0.29) is 36.4 Å². The maximum absolute atomic E-state index is 13.6. The van der Waals surface area contributed by atoms with E-state index in [0.717, 1.165) is 55.0 Å². The van der Waals surface area contributed by atoms with Crippen LogP contribution in [0.4, 0.5) is 9.59 Å². The van der Waals surface area contributed by atoms with Gasteiger partial charge in [0.2, 0.25) is 11.8 Å². The van der Waals surface area contributed by atoms with Crippen LogP contribution in [0.15, 0.2) is 85.0 Å². The monoisotopic (exact) mass is 1070 g/mol. The molecule has 0 bridgehead atoms. The first-order valence-corrected chi connectivity index (χ1v) is 30.8. The number of halogens is 1. The first-order chi connectivity index (χ1) is 35.8. The maximum atomic E-state index is 13.6. The Morgan fingerprint density at radius 1 is 0.507 bits per heavy atom. The summed E-state index contributed by atoms with van der Waals surface area (Å²) in [6, 6.07) is 19.6. The van der Waals surface area contributed by atoms with Crippen molar-refractivity contribution in [3.63, 3.8) is 0 Å². The van der Waals surface area contributed by atoms with Gasteiger partial charge in [0.25, 0.3) is 0 Å². The number of rotatable bonds is 39. The molecule has 0 spiro atoms. The third-order valence-corrected chi connectivity index (χ3v) is 14.5. The topological polar surface area (TPSA) is 93.2 Å². The molecule has 2 aliphatic rings. The summed E-state index contributed by atoms with van der Waals surface area (Å²) in [6.45, 7) is 9.53. The molecule has 8 nitrogen and oxygen atoms in total. The Morgan fingerprint density at radius 2 is 0.890 bits per heavy atom. The molecule has 0 aliphatic carbocycles. The third kappa shape index (κ3) is 31.7. The number of cyclic esters (lactones) is 2. The maximum Gasteiger partial charge on any atom is 0.416 e. The molecule has 9 heteroatoms. The summed E-state index contributed by atoms with van der Waals surface area (Å²) in [5.74, 6) is -0.292. The first kappa shape index (κ1) is 65.4. The molecule has 2 heterocycles. The molecule has 0 saturated carbocycles. The summed E-state index contributed by atoms with van der Waals surface area (Å²) in [4.78, 5) is 53.1. The number of carbonyl (C=O) groups excluding carboxylic acids is 4. The number of nitrogens with zero attached hydrogens (tertiary/aromatic N) is 2. The van der Waals surface area contributed by atoms with Crippen LogP contribution < -0.4 is 0 Å². The van der Waals surface area contributed by atoms with Crippen LogP contribution in [0.25, 0.3) is 0 Å². The second-order valence-electron chi connectivity index (χ2n) is 20.6. The minimum atomic E-state index is -0.484. The van der Waals surface area contributed by atoms with Crippen molar-refractivity contribution in [3.8, 4) is 0 Å². The van der Waals surface area contributed by atoms with Gasteiger partial charge in [-0.25, -0.2) is 19.4 Å². The van der Waals surface area contributed by atoms with Crippen molar-refractivity contribution in [2.75, 3.05) is 18.5 Å². The van der Waals surface area contributed by atoms with Crippen LogP contribution in [-0.4, -0.2) is 64.4 Å². The van der Waals surface area contributed by atoms with Crippen molar-refractivity contribution >= 4 is 39.9 Å². The summed E-state index contributed by atoms with van der Waals surface area (Å²) in [5.41, 5.74) is 2.24. The average molecular weight is 1080 g/mol. The highest BCUT2D eigenvalue weighted by Crippen LogP contribution is 2.26. The Morgan fingerprint density at radius 3 is 1.34 bits per heavy atom. The normalized spacial score (nSPS) is 15.8. The highest BCUT2D eigenvalue weighted by molar-refractivity contribution is 9.09. The molecule has 73 heavy (non-hydrogen) atoms. The molecule has 0 unspecified atom stereocenters. The lowest BCUT2D eigenvalue weighted by atomic mass is 9.94. The second kappa shape index (κ2) is 45.7. The molecule has 3 atom stereocenters. The highest BCUT2D eigenvalue weighted by Gasteiger charge is 2.40. The smallest absolute Gasteiger partial charge is 0.416 e. The molecule has 2 aromatic rings. The van der Waals surface area contributed by atoms with Crippen molar-refractivity contribution in [1.29, 1.82) is 0 Å². The van der Waals surface area contributed by atoms with Gasteiger partial charge < -0.3 is 9.47 Å². The predicted molar refractivity (Wildman–Crippen MR) is 310 cm³/mol. The molecular weight excluding hydrogens is 973 g/mol. The van der Waals surface area contributed by atoms with Crippen LogP contribution in [-0.2, 0) is 31.9 Å². The van der Waals surface area contributed by atoms with Crippen LogP contribution in [0, 0.1) is 5.92 Å². The van der Waals surface area contributed by atoms with Gasteiger partial charge in [-0.05, 0) is 68.9 Å². The van der Waals surface area contributed by atoms with Crippen LogP contribution in [0.2, 0.25) is 0 Å². The Balaban J connectivity index is 0.000000419. The molecule has 412 valence electrons. The molecular formula is C64H103BrN2O6. The number of benzene rings is 2. The third-order valence-electron chi connectivity index (χ3n) is 14.1. The fraction of sp³-hybridized carbons (Fsp3) is 0.688. The Hall–Kier alpha value is -3.72. The number of ether oxygens (including phenoxy) is 2. The van der Waals surface area contributed by atoms with Gasteiger partial charge in [0.1, 0.15) is 13.2 Å². The molecule has 2 aliphatic heterocycles. The van der Waals surface area contributed by atoms with E-state index in [0.29, 0.717) is 32.3 Å². The summed E-state index contributed by atoms with van der Waals surface area (Å²) in [5, 5.41) is 1.00. The van der Waals surface area contributed by atoms with Gasteiger partial charge >= 0.3 is 12.2 Å². The first-order valence-electron chi connectivity index (χ1n) is 29.7. The van der Waals surface area contributed by atoms with E-state index in [1.54, 1.807) is 0 Å². The molecule has 2 fully saturated rings. The number of carbonyl (C=O) groups is 4. The van der Waals surface area contributed by atoms with E-state index in [2.05, 4.69) is 67.9 Å². The zero-order valence-corrected chi connectivity index (χ0v) is 48.3. The second-order valence-corrected chi connectivity index (χ2v) is 21.2. The van der Waals surface area contributed by atoms with Crippen LogP contribution >= 0.6 is 15.9 Å². The summed E-state index contributed by atoms with van der Waals surface area (Å²) < 4.78 is 10.4. The molecule has 2 aromatic carbocycles. The van der Waals surface area contributed by atoms with E-state index in [4.69, 9.17) is 9.47 Å². The van der Waals surface area contributed by atoms with E-state index < -0.39 is 12.2 Å². The SMILES string of the molecule is CCCCCCCCC(=O)N1C(=O)OC[C@@H]1Cc1ccccc1.CCCCCCCCCC/C=C/C[C@@H](CCCCCCC)C(=O)N1C(=O)OC[C@@H]1Cc1ccccc1.CCCCCCCCCCC=CCBr. The lowest BCUT2D eigenvalue weighted by Gasteiger charge is -2.24. The summed E-state index contributed by atoms with van der Waals surface area (Å²) >= 11 is 3.38. The molecule has 0 aromatic heterocycles. The van der Waals surface area contributed by atoms with Crippen molar-refractivity contribution in [2.24, 2.45) is 5.92 Å². The van der Waals surface area contributed by atoms with E-state index >= 15 is 0 Å². The number of allylic oxidation sites excluding steroid dienone is 4. The number of alkyl halides is 1. The Labute approximate surface area is 454 Å². The predicted octanol–water partition coefficient (Wildman–Crippen LogP) is 18.8. The number of hydrogen-bond acceptors (Lipinski definition) is 6. The fourth-order valence-corrected chi connectivity index (χ4v) is 9.90. The number of imide groups is 2. The van der Waals surface area contributed by atoms with Gasteiger partial charge in [-0.1, -0.05) is 283 Å². The number of unbranched alkanes of at least 4 members (excludes halogenated alkanes) is 25. The summed E-state index contributed by atoms with van der Waals surface area (Å²) in [6.07, 6.45) is 48.2. The van der Waals surface area contributed by atoms with Crippen molar-refractivity contribution in [2.45, 2.75) is 258 Å². The lowest BCUT2D eigenvalue weighted by molar-refractivity contribution is -0.133. The zero-order chi connectivity index (χ0) is 52.8. The van der Waals surface area contributed by atoms with Crippen molar-refractivity contribution < 1.29 is 28.7 Å². The van der Waals surface area contributed by atoms with E-state index in [1.165, 1.54) is 164 Å². The van der Waals surface area contributed by atoms with Gasteiger partial charge in [-0.3, -0.25) is 9.59 Å². The highest BCUT2D eigenvalue weighted by atomic mass is 79.9. The van der Waals surface area contributed by atoms with Crippen molar-refractivity contribution in [1.82, 2.24) is 9.80 Å². The Kier molecular flexibility index (Phi) is 40.9. The molecule has 0 radical (unpaired) electrons. The van der Waals surface area contributed by atoms with Gasteiger partial charge in [0, 0.05) is 17.7 Å². The average Bonchev–Trinajstić information content (AvgIpc) is 3.96. The minimum absolute atomic E-state index is 0.0503. The standard InChI is InChI=1S/C32H51NO3.C19H27NO3.C13H25Br/c1-3-5-7-9-10-11-12-13-14-16-21-25-29(24-20-15-8-6-4-2)31(34)33-30(27-36-32(33)35)26-28-22-18-17-19-23-28;1-2-3-4-5-6-10-13-18(21)20-17(15-23-19(20)22)14-16-11-8-7-9-12-16;1-2-3-4-5-6-7-8-9-10-11-12-13-14/h16-19,21-23,29-30H,3-15,20,24-27H2,1-2H3;7-9,11-12,17H,2-6,10,13-15H2,1H3;11-12H,2-10,13H2,1H3/b21-16+;;/t29-,30+;17-;/m10./s1. The van der Waals surface area contributed by atoms with E-state index in [1.807, 2.05) is 60.7 Å². The number of hydrogen-bond donors (Lipinski definition) is 0. The van der Waals surface area contributed by atoms with Crippen LogP contribution in [0.3, 0.4) is 0 Å². The minimum Gasteiger partial charge on any atom is -0.447 e. The molecule has 4 amide bonds. The zero-order valence-electron chi connectivity index (χ0n) is 46.7. The lowest BCUT2D eigenvalue weighted by Crippen LogP contribution is -2.43. The molecule has 4 rings (SSSR count).